The monoisotopic (exact) mass is 332 g/mol. The molecular formula is C10H10Br2N2O. The van der Waals surface area contributed by atoms with Crippen molar-refractivity contribution in [2.24, 2.45) is 0 Å². The molecule has 1 N–H and O–H groups in total. The largest absolute Gasteiger partial charge is 0.338 e. The van der Waals surface area contributed by atoms with Crippen LogP contribution in [-0.4, -0.2) is 19.1 Å². The Labute approximate surface area is 105 Å². The first-order chi connectivity index (χ1) is 7.18. The van der Waals surface area contributed by atoms with Crippen LogP contribution in [0.3, 0.4) is 0 Å². The molecule has 0 unspecified atom stereocenters. The molecule has 1 saturated heterocycles. The van der Waals surface area contributed by atoms with Gasteiger partial charge < -0.3 is 5.32 Å². The van der Waals surface area contributed by atoms with Crippen LogP contribution >= 0.6 is 31.9 Å². The van der Waals surface area contributed by atoms with E-state index in [0.29, 0.717) is 0 Å². The molecule has 1 fully saturated rings. The number of benzene rings is 1. The summed E-state index contributed by atoms with van der Waals surface area (Å²) < 4.78 is 1.90. The fourth-order valence-corrected chi connectivity index (χ4v) is 2.36. The number of nitrogens with one attached hydrogen (secondary N) is 1. The van der Waals surface area contributed by atoms with Gasteiger partial charge in [-0.05, 0) is 40.5 Å². The number of carbonyl (C=O) groups is 1. The predicted molar refractivity (Wildman–Crippen MR) is 67.2 cm³/mol. The van der Waals surface area contributed by atoms with E-state index in [-0.39, 0.29) is 6.03 Å². The molecule has 0 spiro atoms. The quantitative estimate of drug-likeness (QED) is 0.841. The van der Waals surface area contributed by atoms with Gasteiger partial charge in [0.15, 0.2) is 0 Å². The fourth-order valence-electron chi connectivity index (χ4n) is 1.55. The van der Waals surface area contributed by atoms with Crippen LogP contribution < -0.4 is 10.2 Å². The molecule has 0 atom stereocenters. The van der Waals surface area contributed by atoms with Crippen LogP contribution in [0.1, 0.15) is 6.42 Å². The highest BCUT2D eigenvalue weighted by molar-refractivity contribution is 9.11. The van der Waals surface area contributed by atoms with Crippen LogP contribution in [0, 0.1) is 0 Å². The van der Waals surface area contributed by atoms with Crippen LogP contribution in [0.25, 0.3) is 0 Å². The molecule has 0 aliphatic carbocycles. The standard InChI is InChI=1S/C10H10Br2N2O/c11-7-2-3-8(12)9(6-7)14-5-1-4-13-10(14)15/h2-3,6H,1,4-5H2,(H,13,15). The molecule has 1 aliphatic heterocycles. The SMILES string of the molecule is O=C1NCCCN1c1cc(Br)ccc1Br. The average Bonchev–Trinajstić information content (AvgIpc) is 2.23. The number of halogens is 2. The van der Waals surface area contributed by atoms with Crippen LogP contribution in [0.5, 0.6) is 0 Å². The minimum absolute atomic E-state index is 0.0277. The molecule has 1 aromatic rings. The second-order valence-corrected chi connectivity index (χ2v) is 5.10. The molecule has 1 aliphatic rings. The zero-order chi connectivity index (χ0) is 10.8. The lowest BCUT2D eigenvalue weighted by atomic mass is 10.2. The maximum atomic E-state index is 11.6. The number of rotatable bonds is 1. The minimum Gasteiger partial charge on any atom is -0.338 e. The first-order valence-electron chi connectivity index (χ1n) is 4.69. The molecule has 3 nitrogen and oxygen atoms in total. The Bertz CT molecular complexity index is 395. The third kappa shape index (κ3) is 2.34. The summed E-state index contributed by atoms with van der Waals surface area (Å²) in [6, 6.07) is 5.78. The summed E-state index contributed by atoms with van der Waals surface area (Å²) in [7, 11) is 0. The van der Waals surface area contributed by atoms with Crippen LogP contribution in [0.2, 0.25) is 0 Å². The van der Waals surface area contributed by atoms with Gasteiger partial charge in [0.25, 0.3) is 0 Å². The lowest BCUT2D eigenvalue weighted by molar-refractivity contribution is 0.243. The summed E-state index contributed by atoms with van der Waals surface area (Å²) in [4.78, 5) is 13.4. The van der Waals surface area contributed by atoms with Gasteiger partial charge in [-0.2, -0.15) is 0 Å². The molecule has 0 bridgehead atoms. The Kier molecular flexibility index (Phi) is 3.31. The number of amides is 2. The number of hydrogen-bond donors (Lipinski definition) is 1. The van der Waals surface area contributed by atoms with E-state index in [1.54, 1.807) is 4.90 Å². The first kappa shape index (κ1) is 11.0. The number of urea groups is 1. The van der Waals surface area contributed by atoms with E-state index in [0.717, 1.165) is 34.1 Å². The van der Waals surface area contributed by atoms with Gasteiger partial charge in [-0.3, -0.25) is 4.90 Å². The summed E-state index contributed by atoms with van der Waals surface area (Å²) in [5.41, 5.74) is 0.904. The van der Waals surface area contributed by atoms with E-state index in [2.05, 4.69) is 37.2 Å². The number of hydrogen-bond acceptors (Lipinski definition) is 1. The van der Waals surface area contributed by atoms with Crippen molar-refractivity contribution < 1.29 is 4.79 Å². The second-order valence-electron chi connectivity index (χ2n) is 3.33. The summed E-state index contributed by atoms with van der Waals surface area (Å²) in [5, 5.41) is 2.83. The molecule has 15 heavy (non-hydrogen) atoms. The zero-order valence-electron chi connectivity index (χ0n) is 7.96. The van der Waals surface area contributed by atoms with E-state index in [1.165, 1.54) is 0 Å². The van der Waals surface area contributed by atoms with Crippen molar-refractivity contribution in [3.05, 3.63) is 27.1 Å². The highest BCUT2D eigenvalue weighted by Crippen LogP contribution is 2.30. The minimum atomic E-state index is -0.0277. The number of carbonyl (C=O) groups excluding carboxylic acids is 1. The molecule has 1 aromatic carbocycles. The molecule has 1 heterocycles. The maximum Gasteiger partial charge on any atom is 0.321 e. The van der Waals surface area contributed by atoms with E-state index >= 15 is 0 Å². The number of anilines is 1. The summed E-state index contributed by atoms with van der Waals surface area (Å²) in [6.45, 7) is 1.53. The van der Waals surface area contributed by atoms with E-state index < -0.39 is 0 Å². The number of nitrogens with zero attached hydrogens (tertiary/aromatic N) is 1. The van der Waals surface area contributed by atoms with Gasteiger partial charge in [-0.15, -0.1) is 0 Å². The Morgan fingerprint density at radius 2 is 2.13 bits per heavy atom. The molecule has 2 amide bonds. The third-order valence-electron chi connectivity index (χ3n) is 2.28. The van der Waals surface area contributed by atoms with Crippen molar-refractivity contribution in [2.75, 3.05) is 18.0 Å². The van der Waals surface area contributed by atoms with Crippen LogP contribution in [0.4, 0.5) is 10.5 Å². The Morgan fingerprint density at radius 3 is 2.87 bits per heavy atom. The van der Waals surface area contributed by atoms with Crippen molar-refractivity contribution in [3.8, 4) is 0 Å². The Morgan fingerprint density at radius 1 is 1.33 bits per heavy atom. The van der Waals surface area contributed by atoms with Crippen molar-refractivity contribution in [3.63, 3.8) is 0 Å². The third-order valence-corrected chi connectivity index (χ3v) is 3.44. The zero-order valence-corrected chi connectivity index (χ0v) is 11.1. The molecule has 0 saturated carbocycles. The van der Waals surface area contributed by atoms with Crippen molar-refractivity contribution in [1.29, 1.82) is 0 Å². The van der Waals surface area contributed by atoms with E-state index in [1.807, 2.05) is 18.2 Å². The molecule has 0 aromatic heterocycles. The van der Waals surface area contributed by atoms with E-state index in [9.17, 15) is 4.79 Å². The average molecular weight is 334 g/mol. The Balaban J connectivity index is 2.34. The second kappa shape index (κ2) is 4.53. The molecule has 2 rings (SSSR count). The summed E-state index contributed by atoms with van der Waals surface area (Å²) in [6.07, 6.45) is 0.977. The Hall–Kier alpha value is -0.550. The van der Waals surface area contributed by atoms with Crippen LogP contribution in [-0.2, 0) is 0 Å². The van der Waals surface area contributed by atoms with Gasteiger partial charge in [-0.1, -0.05) is 15.9 Å². The maximum absolute atomic E-state index is 11.6. The van der Waals surface area contributed by atoms with E-state index in [4.69, 9.17) is 0 Å². The van der Waals surface area contributed by atoms with Gasteiger partial charge in [0, 0.05) is 22.0 Å². The predicted octanol–water partition coefficient (Wildman–Crippen LogP) is 3.13. The highest BCUT2D eigenvalue weighted by Gasteiger charge is 2.20. The lowest BCUT2D eigenvalue weighted by Gasteiger charge is -2.28. The van der Waals surface area contributed by atoms with Gasteiger partial charge in [0.05, 0.1) is 5.69 Å². The molecule has 5 heteroatoms. The topological polar surface area (TPSA) is 32.3 Å². The van der Waals surface area contributed by atoms with Crippen LogP contribution in [0.15, 0.2) is 27.1 Å². The highest BCUT2D eigenvalue weighted by atomic mass is 79.9. The van der Waals surface area contributed by atoms with Gasteiger partial charge in [0.1, 0.15) is 0 Å². The lowest BCUT2D eigenvalue weighted by Crippen LogP contribution is -2.46. The summed E-state index contributed by atoms with van der Waals surface area (Å²) >= 11 is 6.85. The molecule has 0 radical (unpaired) electrons. The van der Waals surface area contributed by atoms with Gasteiger partial charge in [0.2, 0.25) is 0 Å². The normalized spacial score (nSPS) is 16.4. The van der Waals surface area contributed by atoms with Gasteiger partial charge >= 0.3 is 6.03 Å². The van der Waals surface area contributed by atoms with Crippen molar-refractivity contribution >= 4 is 43.6 Å². The fraction of sp³-hybridized carbons (Fsp3) is 0.300. The first-order valence-corrected chi connectivity index (χ1v) is 6.27. The van der Waals surface area contributed by atoms with Crippen molar-refractivity contribution in [2.45, 2.75) is 6.42 Å². The molecular weight excluding hydrogens is 324 g/mol. The summed E-state index contributed by atoms with van der Waals surface area (Å²) in [5.74, 6) is 0. The smallest absolute Gasteiger partial charge is 0.321 e. The van der Waals surface area contributed by atoms with Gasteiger partial charge in [-0.25, -0.2) is 4.79 Å². The van der Waals surface area contributed by atoms with Crippen molar-refractivity contribution in [1.82, 2.24) is 5.32 Å². The molecule has 80 valence electrons.